The van der Waals surface area contributed by atoms with Crippen LogP contribution in [0.1, 0.15) is 100 Å². The van der Waals surface area contributed by atoms with Gasteiger partial charge in [0.25, 0.3) is 0 Å². The molecule has 3 aromatic heterocycles. The van der Waals surface area contributed by atoms with Crippen molar-refractivity contribution in [3.05, 3.63) is 213 Å². The molecule has 0 fully saturated rings. The Labute approximate surface area is 346 Å². The lowest BCUT2D eigenvalue weighted by molar-refractivity contribution is 0.103. The molecule has 5 heterocycles. The molecule has 2 aliphatic heterocycles. The van der Waals surface area contributed by atoms with Gasteiger partial charge >= 0.3 is 0 Å². The first-order chi connectivity index (χ1) is 29.1. The van der Waals surface area contributed by atoms with E-state index >= 15 is 0 Å². The Hall–Kier alpha value is -7.84. The van der Waals surface area contributed by atoms with Crippen molar-refractivity contribution in [2.24, 2.45) is 0 Å². The molecule has 7 aromatic rings. The number of benzene rings is 4. The molecule has 8 nitrogen and oxygen atoms in total. The molecule has 0 atom stereocenters. The number of fused-ring (bicyclic) bond motifs is 8. The highest BCUT2D eigenvalue weighted by Gasteiger charge is 2.29. The number of hydrogen-bond donors (Lipinski definition) is 2. The summed E-state index contributed by atoms with van der Waals surface area (Å²) in [4.78, 5) is 74.9. The zero-order valence-electron chi connectivity index (χ0n) is 33.4. The normalized spacial score (nSPS) is 12.5. The van der Waals surface area contributed by atoms with Gasteiger partial charge in [0, 0.05) is 33.3 Å². The minimum Gasteiger partial charge on any atom is -0.355 e. The lowest BCUT2D eigenvalue weighted by Crippen LogP contribution is -2.03. The molecule has 290 valence electrons. The summed E-state index contributed by atoms with van der Waals surface area (Å²) in [5, 5.41) is 0. The van der Waals surface area contributed by atoms with Crippen LogP contribution in [0.5, 0.6) is 0 Å². The van der Waals surface area contributed by atoms with Gasteiger partial charge in [-0.1, -0.05) is 121 Å². The van der Waals surface area contributed by atoms with Crippen molar-refractivity contribution in [3.63, 3.8) is 0 Å². The van der Waals surface area contributed by atoms with Crippen LogP contribution in [-0.4, -0.2) is 43.1 Å². The third-order valence-electron chi connectivity index (χ3n) is 11.3. The molecule has 60 heavy (non-hydrogen) atoms. The second-order valence-corrected chi connectivity index (χ2v) is 15.0. The second-order valence-electron chi connectivity index (χ2n) is 15.0. The minimum atomic E-state index is -0.216. The van der Waals surface area contributed by atoms with Crippen molar-refractivity contribution in [1.29, 1.82) is 0 Å². The number of aryl methyl sites for hydroxylation is 2. The number of nitrogens with one attached hydrogen (secondary N) is 2. The van der Waals surface area contributed by atoms with Crippen molar-refractivity contribution in [2.75, 3.05) is 0 Å². The number of carbonyl (C=O) groups is 4. The number of Topliss-reactive ketones (excluding diaryl/α,β-unsaturated/α-hetero) is 2. The van der Waals surface area contributed by atoms with Crippen molar-refractivity contribution < 1.29 is 19.2 Å². The summed E-state index contributed by atoms with van der Waals surface area (Å²) in [6.07, 6.45) is 0. The average Bonchev–Trinajstić information content (AvgIpc) is 3.96. The molecule has 0 saturated carbocycles. The summed E-state index contributed by atoms with van der Waals surface area (Å²) in [5.74, 6) is -0.839. The summed E-state index contributed by atoms with van der Waals surface area (Å²) >= 11 is 0. The number of carbonyl (C=O) groups excluding carboxylic acids is 4. The molecule has 4 aromatic carbocycles. The molecule has 0 aliphatic carbocycles. The number of rotatable bonds is 8. The van der Waals surface area contributed by atoms with Crippen LogP contribution in [0.4, 0.5) is 0 Å². The van der Waals surface area contributed by atoms with Crippen LogP contribution in [0.15, 0.2) is 146 Å². The lowest BCUT2D eigenvalue weighted by atomic mass is 9.95. The van der Waals surface area contributed by atoms with E-state index in [9.17, 15) is 19.2 Å². The van der Waals surface area contributed by atoms with Crippen molar-refractivity contribution in [2.45, 2.75) is 27.7 Å². The van der Waals surface area contributed by atoms with Gasteiger partial charge in [-0.2, -0.15) is 0 Å². The third-order valence-corrected chi connectivity index (χ3v) is 11.3. The van der Waals surface area contributed by atoms with Gasteiger partial charge < -0.3 is 9.97 Å². The summed E-state index contributed by atoms with van der Waals surface area (Å²) < 4.78 is 0. The van der Waals surface area contributed by atoms with E-state index in [1.54, 1.807) is 60.7 Å². The Morgan fingerprint density at radius 2 is 0.650 bits per heavy atom. The maximum absolute atomic E-state index is 14.4. The first kappa shape index (κ1) is 37.7. The Bertz CT molecular complexity index is 2960. The second kappa shape index (κ2) is 15.2. The SMILES string of the molecule is CC1=C(C(=O)c2ccccc2)c2cc3[nH]c(cc4nc(cc5[nH]c(cc1n2)c(C)c5C(=O)c1ccccc1)C(C(=O)c1ccccc1)=C4C)c(C)c3C(=O)c1ccccc1. The number of allylic oxidation sites excluding steroid dienone is 4. The summed E-state index contributed by atoms with van der Waals surface area (Å²) in [6.45, 7) is 7.45. The molecule has 0 spiro atoms. The van der Waals surface area contributed by atoms with Gasteiger partial charge in [0.1, 0.15) is 0 Å². The predicted octanol–water partition coefficient (Wildman–Crippen LogP) is 11.0. The fraction of sp³-hybridized carbons (Fsp3) is 0.0769. The van der Waals surface area contributed by atoms with Crippen LogP contribution < -0.4 is 0 Å². The zero-order chi connectivity index (χ0) is 41.7. The van der Waals surface area contributed by atoms with E-state index in [1.165, 1.54) is 0 Å². The van der Waals surface area contributed by atoms with E-state index in [0.717, 1.165) is 0 Å². The highest BCUT2D eigenvalue weighted by atomic mass is 16.1. The lowest BCUT2D eigenvalue weighted by Gasteiger charge is -2.05. The number of ketones is 4. The Balaban J connectivity index is 1.41. The number of hydrogen-bond acceptors (Lipinski definition) is 6. The monoisotopic (exact) mass is 782 g/mol. The molecule has 0 unspecified atom stereocenters. The number of aromatic amines is 2. The third kappa shape index (κ3) is 6.54. The molecule has 0 amide bonds. The van der Waals surface area contributed by atoms with Gasteiger partial charge in [0.05, 0.1) is 56.1 Å². The smallest absolute Gasteiger partial charge is 0.195 e. The maximum Gasteiger partial charge on any atom is 0.195 e. The van der Waals surface area contributed by atoms with E-state index in [1.807, 2.05) is 113 Å². The van der Waals surface area contributed by atoms with Gasteiger partial charge in [0.2, 0.25) is 0 Å². The molecule has 9 rings (SSSR count). The van der Waals surface area contributed by atoms with E-state index in [0.29, 0.717) is 112 Å². The molecule has 8 heteroatoms. The maximum atomic E-state index is 14.4. The number of aromatic nitrogens is 4. The number of nitrogens with zero attached hydrogens (tertiary/aromatic N) is 2. The van der Waals surface area contributed by atoms with Crippen LogP contribution in [0.3, 0.4) is 0 Å². The average molecular weight is 783 g/mol. The van der Waals surface area contributed by atoms with Gasteiger partial charge in [-0.3, -0.25) is 19.2 Å². The largest absolute Gasteiger partial charge is 0.355 e. The van der Waals surface area contributed by atoms with Crippen LogP contribution in [0.25, 0.3) is 44.4 Å². The molecule has 0 saturated heterocycles. The van der Waals surface area contributed by atoms with Crippen molar-refractivity contribution >= 4 is 67.5 Å². The molecule has 8 bridgehead atoms. The quantitative estimate of drug-likeness (QED) is 0.148. The highest BCUT2D eigenvalue weighted by molar-refractivity contribution is 6.36. The highest BCUT2D eigenvalue weighted by Crippen LogP contribution is 2.37. The molecule has 2 N–H and O–H groups in total. The molecule has 0 radical (unpaired) electrons. The first-order valence-electron chi connectivity index (χ1n) is 19.7. The molecular weight excluding hydrogens is 745 g/mol. The Morgan fingerprint density at radius 1 is 0.367 bits per heavy atom. The van der Waals surface area contributed by atoms with Crippen LogP contribution in [0.2, 0.25) is 0 Å². The van der Waals surface area contributed by atoms with Crippen molar-refractivity contribution in [3.8, 4) is 0 Å². The van der Waals surface area contributed by atoms with Crippen molar-refractivity contribution in [1.82, 2.24) is 19.9 Å². The van der Waals surface area contributed by atoms with Gasteiger partial charge in [-0.25, -0.2) is 9.97 Å². The number of H-pyrrole nitrogens is 2. The Morgan fingerprint density at radius 3 is 0.967 bits per heavy atom. The summed E-state index contributed by atoms with van der Waals surface area (Å²) in [6, 6.07) is 43.4. The molecule has 2 aliphatic rings. The van der Waals surface area contributed by atoms with E-state index in [-0.39, 0.29) is 23.1 Å². The summed E-state index contributed by atoms with van der Waals surface area (Å²) in [7, 11) is 0. The predicted molar refractivity (Wildman–Crippen MR) is 237 cm³/mol. The fourth-order valence-electron chi connectivity index (χ4n) is 8.09. The topological polar surface area (TPSA) is 126 Å². The zero-order valence-corrected chi connectivity index (χ0v) is 33.4. The van der Waals surface area contributed by atoms with E-state index in [4.69, 9.17) is 9.97 Å². The molecular formula is C52H38N4O4. The van der Waals surface area contributed by atoms with E-state index in [2.05, 4.69) is 9.97 Å². The van der Waals surface area contributed by atoms with Gasteiger partial charge in [0.15, 0.2) is 23.1 Å². The fourth-order valence-corrected chi connectivity index (χ4v) is 8.09. The van der Waals surface area contributed by atoms with Gasteiger partial charge in [-0.15, -0.1) is 0 Å². The summed E-state index contributed by atoms with van der Waals surface area (Å²) in [5.41, 5.74) is 10.1. The standard InChI is InChI=1S/C52H38N4O4/c1-29-37-25-38-30(2)46(50(58)34-19-11-6-12-20-34)43(54-38)28-44-48(52(60)36-23-15-8-16-24-36)32(4)40(56-44)26-39-31(3)47(51(59)35-21-13-7-14-22-35)42(55-39)27-41(53-37)45(29)49(57)33-17-9-5-10-18-33/h5-28,53,56H,1-4H3. The Kier molecular flexibility index (Phi) is 9.53. The van der Waals surface area contributed by atoms with Crippen LogP contribution in [0, 0.1) is 13.8 Å². The van der Waals surface area contributed by atoms with Crippen LogP contribution in [-0.2, 0) is 0 Å². The first-order valence-corrected chi connectivity index (χ1v) is 19.7. The van der Waals surface area contributed by atoms with Gasteiger partial charge in [-0.05, 0) is 74.2 Å². The van der Waals surface area contributed by atoms with Crippen LogP contribution >= 0.6 is 0 Å². The van der Waals surface area contributed by atoms with E-state index < -0.39 is 0 Å². The minimum absolute atomic E-state index is 0.204.